The molecule has 0 bridgehead atoms. The Morgan fingerprint density at radius 2 is 0.959 bits per heavy atom. The minimum Gasteiger partial charge on any atom is -0.208 e. The van der Waals surface area contributed by atoms with Crippen LogP contribution in [0.25, 0.3) is 87.7 Å². The van der Waals surface area contributed by atoms with Crippen molar-refractivity contribution < 1.29 is 20.6 Å². The number of hydrogen-bond donors (Lipinski definition) is 0. The Hall–Kier alpha value is -6.23. The second-order valence-corrected chi connectivity index (χ2v) is 11.9. The fourth-order valence-electron chi connectivity index (χ4n) is 5.45. The number of benzene rings is 7. The van der Waals surface area contributed by atoms with Gasteiger partial charge in [0.25, 0.3) is 0 Å². The van der Waals surface area contributed by atoms with Gasteiger partial charge in [0.05, 0.1) is 20.6 Å². The van der Waals surface area contributed by atoms with Crippen LogP contribution in [-0.4, -0.2) is 15.0 Å². The normalized spacial score (nSPS) is 15.6. The van der Waals surface area contributed by atoms with Crippen LogP contribution in [0.5, 0.6) is 0 Å². The Bertz CT molecular complexity index is 3410. The number of nitrogens with zero attached hydrogens (tertiary/aromatic N) is 3. The molecule has 0 saturated carbocycles. The van der Waals surface area contributed by atoms with Crippen molar-refractivity contribution in [3.63, 3.8) is 0 Å². The quantitative estimate of drug-likeness (QED) is 0.178. The van der Waals surface area contributed by atoms with E-state index in [0.717, 1.165) is 22.5 Å². The summed E-state index contributed by atoms with van der Waals surface area (Å²) in [4.78, 5) is 14.2. The number of thiophene rings is 1. The summed E-state index contributed by atoms with van der Waals surface area (Å²) in [5.74, 6) is 0.172. The lowest BCUT2D eigenvalue weighted by atomic mass is 9.99. The highest BCUT2D eigenvalue weighted by atomic mass is 32.1. The van der Waals surface area contributed by atoms with E-state index in [9.17, 15) is 4.11 Å². The summed E-state index contributed by atoms with van der Waals surface area (Å²) in [5, 5.41) is -0.301. The molecular formula is C45H29N3S. The topological polar surface area (TPSA) is 38.7 Å². The van der Waals surface area contributed by atoms with E-state index >= 15 is 0 Å². The lowest BCUT2D eigenvalue weighted by molar-refractivity contribution is 1.07. The van der Waals surface area contributed by atoms with Crippen molar-refractivity contribution in [2.45, 2.75) is 0 Å². The summed E-state index contributed by atoms with van der Waals surface area (Å²) in [5.41, 5.74) is 1.23. The monoisotopic (exact) mass is 658 g/mol. The van der Waals surface area contributed by atoms with Crippen molar-refractivity contribution in [3.05, 3.63) is 176 Å². The van der Waals surface area contributed by atoms with Crippen molar-refractivity contribution in [2.75, 3.05) is 0 Å². The summed E-state index contributed by atoms with van der Waals surface area (Å²) in [6.07, 6.45) is 0. The largest absolute Gasteiger partial charge is 0.208 e. The van der Waals surface area contributed by atoms with Gasteiger partial charge in [-0.25, -0.2) is 15.0 Å². The Morgan fingerprint density at radius 3 is 1.69 bits per heavy atom. The molecule has 0 aliphatic heterocycles. The first-order valence-corrected chi connectivity index (χ1v) is 16.0. The highest BCUT2D eigenvalue weighted by molar-refractivity contribution is 7.26. The highest BCUT2D eigenvalue weighted by Crippen LogP contribution is 2.42. The van der Waals surface area contributed by atoms with Crippen LogP contribution in [0.2, 0.25) is 0 Å². The smallest absolute Gasteiger partial charge is 0.164 e. The molecule has 0 spiro atoms. The Labute approximate surface area is 310 Å². The third-order valence-corrected chi connectivity index (χ3v) is 8.95. The molecule has 2 heterocycles. The van der Waals surface area contributed by atoms with E-state index in [0.29, 0.717) is 11.1 Å². The minimum atomic E-state index is -0.709. The fraction of sp³-hybridized carbons (Fsp3) is 0. The van der Waals surface area contributed by atoms with Gasteiger partial charge < -0.3 is 0 Å². The fourth-order valence-corrected chi connectivity index (χ4v) is 6.57. The van der Waals surface area contributed by atoms with Crippen LogP contribution in [0.15, 0.2) is 176 Å². The third-order valence-electron chi connectivity index (χ3n) is 7.83. The van der Waals surface area contributed by atoms with E-state index in [-0.39, 0.29) is 54.3 Å². The summed E-state index contributed by atoms with van der Waals surface area (Å²) in [7, 11) is 0. The molecule has 4 heteroatoms. The average molecular weight is 659 g/mol. The Morgan fingerprint density at radius 1 is 0.388 bits per heavy atom. The van der Waals surface area contributed by atoms with Crippen LogP contribution >= 0.6 is 11.3 Å². The number of hydrogen-bond acceptors (Lipinski definition) is 4. The van der Waals surface area contributed by atoms with Crippen LogP contribution in [0.4, 0.5) is 0 Å². The summed E-state index contributed by atoms with van der Waals surface area (Å²) in [6.45, 7) is 0. The van der Waals surface area contributed by atoms with Gasteiger partial charge in [-0.2, -0.15) is 0 Å². The molecule has 0 atom stereocenters. The standard InChI is InChI=1S/C45H29N3S/c1-4-12-30(13-5-1)32-22-24-34(25-23-32)44-46-43(33-16-8-3-9-17-33)47-45(48-44)37-19-10-18-36(28-37)38-20-11-21-40-39-27-26-35(29-41(39)49-42(38)40)31-14-6-2-7-15-31/h1-29H/i2D,6D,7D,10D,11D,14D,15D,18D,19D,20D,21D,26D,27D,28D,29D. The van der Waals surface area contributed by atoms with E-state index in [1.54, 1.807) is 24.3 Å². The van der Waals surface area contributed by atoms with Crippen LogP contribution in [-0.2, 0) is 0 Å². The van der Waals surface area contributed by atoms with E-state index in [1.165, 1.54) is 0 Å². The molecular weight excluding hydrogens is 615 g/mol. The van der Waals surface area contributed by atoms with Gasteiger partial charge >= 0.3 is 0 Å². The van der Waals surface area contributed by atoms with Crippen LogP contribution in [0.1, 0.15) is 20.6 Å². The third kappa shape index (κ3) is 5.58. The second-order valence-electron chi connectivity index (χ2n) is 10.9. The molecule has 7 aromatic carbocycles. The zero-order chi connectivity index (χ0) is 45.6. The molecule has 0 unspecified atom stereocenters. The van der Waals surface area contributed by atoms with Crippen molar-refractivity contribution in [2.24, 2.45) is 0 Å². The van der Waals surface area contributed by atoms with Gasteiger partial charge in [0, 0.05) is 36.9 Å². The second kappa shape index (κ2) is 12.4. The highest BCUT2D eigenvalue weighted by Gasteiger charge is 2.15. The van der Waals surface area contributed by atoms with E-state index in [1.807, 2.05) is 60.7 Å². The summed E-state index contributed by atoms with van der Waals surface area (Å²) >= 11 is 0.746. The van der Waals surface area contributed by atoms with E-state index in [2.05, 4.69) is 4.98 Å². The lowest BCUT2D eigenvalue weighted by Gasteiger charge is -2.10. The van der Waals surface area contributed by atoms with Crippen molar-refractivity contribution >= 4 is 31.5 Å². The minimum absolute atomic E-state index is 0.0366. The predicted octanol–water partition coefficient (Wildman–Crippen LogP) is 12.2. The molecule has 2 aromatic heterocycles. The van der Waals surface area contributed by atoms with Gasteiger partial charge in [0.15, 0.2) is 17.5 Å². The molecule has 3 nitrogen and oxygen atoms in total. The molecule has 0 aliphatic carbocycles. The van der Waals surface area contributed by atoms with Gasteiger partial charge in [-0.1, -0.05) is 163 Å². The van der Waals surface area contributed by atoms with Gasteiger partial charge in [-0.05, 0) is 45.5 Å². The summed E-state index contributed by atoms with van der Waals surface area (Å²) < 4.78 is 133. The Kier molecular flexibility index (Phi) is 4.37. The zero-order valence-electron chi connectivity index (χ0n) is 40.3. The molecule has 0 radical (unpaired) electrons. The maximum atomic E-state index is 9.67. The Balaban J connectivity index is 1.32. The van der Waals surface area contributed by atoms with Crippen LogP contribution < -0.4 is 0 Å². The van der Waals surface area contributed by atoms with Crippen molar-refractivity contribution in [1.82, 2.24) is 15.0 Å². The molecule has 9 rings (SSSR count). The van der Waals surface area contributed by atoms with Crippen LogP contribution in [0, 0.1) is 0 Å². The van der Waals surface area contributed by atoms with Gasteiger partial charge in [0.1, 0.15) is 0 Å². The first-order chi connectivity index (χ1) is 30.5. The zero-order valence-corrected chi connectivity index (χ0v) is 26.1. The van der Waals surface area contributed by atoms with Crippen LogP contribution in [0.3, 0.4) is 0 Å². The molecule has 230 valence electrons. The molecule has 0 amide bonds. The maximum Gasteiger partial charge on any atom is 0.164 e. The van der Waals surface area contributed by atoms with Crippen molar-refractivity contribution in [1.29, 1.82) is 0 Å². The summed E-state index contributed by atoms with van der Waals surface area (Å²) in [6, 6.07) is 16.6. The first kappa shape index (κ1) is 17.3. The van der Waals surface area contributed by atoms with E-state index in [4.69, 9.17) is 26.4 Å². The first-order valence-electron chi connectivity index (χ1n) is 22.6. The molecule has 0 fully saturated rings. The number of aromatic nitrogens is 3. The SMILES string of the molecule is [2H]c1c([2H])c([2H])c(-c2c([2H])c([2H])c3c(sc4c(-c5c([2H])c([2H])c([2H])c(-c6nc(-c7ccccc7)nc(-c7ccc(-c8ccccc8)cc7)n6)c5[2H])c([2H])c([2H])c([2H])c43)c2[2H])c([2H])c1[2H]. The van der Waals surface area contributed by atoms with Crippen molar-refractivity contribution in [3.8, 4) is 67.5 Å². The number of fused-ring (bicyclic) bond motifs is 3. The van der Waals surface area contributed by atoms with Gasteiger partial charge in [0.2, 0.25) is 0 Å². The van der Waals surface area contributed by atoms with Gasteiger partial charge in [-0.3, -0.25) is 0 Å². The molecule has 0 N–H and O–H groups in total. The molecule has 0 aliphatic rings. The molecule has 49 heavy (non-hydrogen) atoms. The molecule has 9 aromatic rings. The maximum absolute atomic E-state index is 9.67. The van der Waals surface area contributed by atoms with E-state index < -0.39 is 102 Å². The van der Waals surface area contributed by atoms with Gasteiger partial charge in [-0.15, -0.1) is 11.3 Å². The average Bonchev–Trinajstić information content (AvgIpc) is 3.72. The predicted molar refractivity (Wildman–Crippen MR) is 205 cm³/mol. The lowest BCUT2D eigenvalue weighted by Crippen LogP contribution is -2.00. The molecule has 0 saturated heterocycles. The number of rotatable bonds is 6.